The van der Waals surface area contributed by atoms with Crippen molar-refractivity contribution in [3.63, 3.8) is 0 Å². The topological polar surface area (TPSA) is 33.0 Å². The van der Waals surface area contributed by atoms with Gasteiger partial charge in [0.05, 0.1) is 16.1 Å². The zero-order valence-corrected chi connectivity index (χ0v) is 10.9. The fourth-order valence-electron chi connectivity index (χ4n) is 1.43. The van der Waals surface area contributed by atoms with Gasteiger partial charge < -0.3 is 4.74 Å². The number of halogens is 2. The lowest BCUT2D eigenvalue weighted by Gasteiger charge is -2.08. The molecular weight excluding hydrogens is 297 g/mol. The molecule has 0 aliphatic carbocycles. The summed E-state index contributed by atoms with van der Waals surface area (Å²) >= 11 is 3.34. The molecule has 2 nitrogen and oxygen atoms in total. The number of nitrogens with zero attached hydrogens (tertiary/aromatic N) is 1. The smallest absolute Gasteiger partial charge is 0.134 e. The summed E-state index contributed by atoms with van der Waals surface area (Å²) in [5.41, 5.74) is 1.45. The summed E-state index contributed by atoms with van der Waals surface area (Å²) in [6.45, 7) is 0.352. The highest BCUT2D eigenvalue weighted by Crippen LogP contribution is 2.26. The minimum absolute atomic E-state index is 0.265. The van der Waals surface area contributed by atoms with Gasteiger partial charge in [-0.05, 0) is 51.8 Å². The standard InChI is InChI=1S/C14H9BrFNO/c15-13-7-11(8-17)3-6-14(13)18-9-10-1-4-12(16)5-2-10/h1-7H,9H2. The lowest BCUT2D eigenvalue weighted by Crippen LogP contribution is -1.96. The van der Waals surface area contributed by atoms with Crippen LogP contribution in [0.3, 0.4) is 0 Å². The Balaban J connectivity index is 2.06. The van der Waals surface area contributed by atoms with E-state index in [1.54, 1.807) is 30.3 Å². The van der Waals surface area contributed by atoms with Crippen LogP contribution in [0.1, 0.15) is 11.1 Å². The first-order chi connectivity index (χ1) is 8.69. The van der Waals surface area contributed by atoms with E-state index < -0.39 is 0 Å². The first kappa shape index (κ1) is 12.6. The van der Waals surface area contributed by atoms with E-state index in [0.29, 0.717) is 17.9 Å². The molecule has 0 aliphatic heterocycles. The molecule has 0 aromatic heterocycles. The molecule has 0 bridgehead atoms. The molecule has 0 atom stereocenters. The Kier molecular flexibility index (Phi) is 3.96. The summed E-state index contributed by atoms with van der Waals surface area (Å²) in [5.74, 6) is 0.386. The van der Waals surface area contributed by atoms with Crippen molar-refractivity contribution in [2.24, 2.45) is 0 Å². The molecule has 0 radical (unpaired) electrons. The maximum atomic E-state index is 12.7. The molecule has 0 aliphatic rings. The Morgan fingerprint density at radius 1 is 1.17 bits per heavy atom. The van der Waals surface area contributed by atoms with E-state index in [9.17, 15) is 4.39 Å². The number of benzene rings is 2. The van der Waals surface area contributed by atoms with Gasteiger partial charge >= 0.3 is 0 Å². The fourth-order valence-corrected chi connectivity index (χ4v) is 1.92. The zero-order valence-electron chi connectivity index (χ0n) is 9.36. The molecule has 18 heavy (non-hydrogen) atoms. The molecule has 0 N–H and O–H groups in total. The number of rotatable bonds is 3. The van der Waals surface area contributed by atoms with Crippen molar-refractivity contribution in [3.05, 3.63) is 63.9 Å². The summed E-state index contributed by atoms with van der Waals surface area (Å²) in [5, 5.41) is 8.74. The van der Waals surface area contributed by atoms with E-state index in [2.05, 4.69) is 15.9 Å². The molecule has 0 fully saturated rings. The fraction of sp³-hybridized carbons (Fsp3) is 0.0714. The van der Waals surface area contributed by atoms with Crippen LogP contribution < -0.4 is 4.74 Å². The number of hydrogen-bond donors (Lipinski definition) is 0. The molecule has 90 valence electrons. The Hall–Kier alpha value is -1.86. The quantitative estimate of drug-likeness (QED) is 0.857. The van der Waals surface area contributed by atoms with E-state index in [0.717, 1.165) is 10.0 Å². The van der Waals surface area contributed by atoms with E-state index >= 15 is 0 Å². The van der Waals surface area contributed by atoms with Gasteiger partial charge in [-0.3, -0.25) is 0 Å². The van der Waals surface area contributed by atoms with Crippen molar-refractivity contribution in [2.45, 2.75) is 6.61 Å². The zero-order chi connectivity index (χ0) is 13.0. The maximum Gasteiger partial charge on any atom is 0.134 e. The van der Waals surface area contributed by atoms with Crippen molar-refractivity contribution < 1.29 is 9.13 Å². The number of hydrogen-bond acceptors (Lipinski definition) is 2. The van der Waals surface area contributed by atoms with Crippen molar-refractivity contribution >= 4 is 15.9 Å². The minimum atomic E-state index is -0.265. The third kappa shape index (κ3) is 3.08. The van der Waals surface area contributed by atoms with E-state index in [-0.39, 0.29) is 5.82 Å². The molecule has 0 amide bonds. The van der Waals surface area contributed by atoms with Crippen LogP contribution in [-0.2, 0) is 6.61 Å². The second kappa shape index (κ2) is 5.65. The van der Waals surface area contributed by atoms with Crippen LogP contribution >= 0.6 is 15.9 Å². The van der Waals surface area contributed by atoms with Crippen molar-refractivity contribution in [3.8, 4) is 11.8 Å². The second-order valence-electron chi connectivity index (χ2n) is 3.67. The van der Waals surface area contributed by atoms with Crippen LogP contribution in [0.25, 0.3) is 0 Å². The van der Waals surface area contributed by atoms with Gasteiger partial charge in [0.1, 0.15) is 18.2 Å². The van der Waals surface area contributed by atoms with Crippen molar-refractivity contribution in [2.75, 3.05) is 0 Å². The molecule has 0 saturated heterocycles. The van der Waals surface area contributed by atoms with Gasteiger partial charge in [0, 0.05) is 0 Å². The highest BCUT2D eigenvalue weighted by Gasteiger charge is 2.03. The lowest BCUT2D eigenvalue weighted by molar-refractivity contribution is 0.304. The second-order valence-corrected chi connectivity index (χ2v) is 4.53. The average Bonchev–Trinajstić information content (AvgIpc) is 2.39. The molecule has 2 aromatic carbocycles. The van der Waals surface area contributed by atoms with Crippen molar-refractivity contribution in [1.82, 2.24) is 0 Å². The highest BCUT2D eigenvalue weighted by molar-refractivity contribution is 9.10. The van der Waals surface area contributed by atoms with Crippen LogP contribution in [0.4, 0.5) is 4.39 Å². The van der Waals surface area contributed by atoms with Crippen LogP contribution in [0.5, 0.6) is 5.75 Å². The average molecular weight is 306 g/mol. The van der Waals surface area contributed by atoms with E-state index in [1.165, 1.54) is 12.1 Å². The van der Waals surface area contributed by atoms with Gasteiger partial charge in [-0.2, -0.15) is 5.26 Å². The van der Waals surface area contributed by atoms with Crippen LogP contribution in [0.2, 0.25) is 0 Å². The molecule has 0 unspecified atom stereocenters. The molecule has 0 heterocycles. The summed E-state index contributed by atoms with van der Waals surface area (Å²) in [6.07, 6.45) is 0. The van der Waals surface area contributed by atoms with Gasteiger partial charge in [-0.25, -0.2) is 4.39 Å². The van der Waals surface area contributed by atoms with Crippen molar-refractivity contribution in [1.29, 1.82) is 5.26 Å². The summed E-state index contributed by atoms with van der Waals surface area (Å²) in [4.78, 5) is 0. The molecule has 0 saturated carbocycles. The minimum Gasteiger partial charge on any atom is -0.488 e. The predicted octanol–water partition coefficient (Wildman–Crippen LogP) is 4.04. The van der Waals surface area contributed by atoms with E-state index in [1.807, 2.05) is 6.07 Å². The number of nitriles is 1. The predicted molar refractivity (Wildman–Crippen MR) is 69.6 cm³/mol. The number of ether oxygens (including phenoxy) is 1. The van der Waals surface area contributed by atoms with Gasteiger partial charge in [-0.15, -0.1) is 0 Å². The van der Waals surface area contributed by atoms with Gasteiger partial charge in [0.25, 0.3) is 0 Å². The van der Waals surface area contributed by atoms with Crippen LogP contribution in [0, 0.1) is 17.1 Å². The van der Waals surface area contributed by atoms with Crippen LogP contribution in [0.15, 0.2) is 46.9 Å². The van der Waals surface area contributed by atoms with Gasteiger partial charge in [-0.1, -0.05) is 12.1 Å². The molecular formula is C14H9BrFNO. The van der Waals surface area contributed by atoms with Gasteiger partial charge in [0.15, 0.2) is 0 Å². The third-order valence-electron chi connectivity index (χ3n) is 2.37. The molecule has 2 rings (SSSR count). The Labute approximate surface area is 113 Å². The Morgan fingerprint density at radius 3 is 2.50 bits per heavy atom. The highest BCUT2D eigenvalue weighted by atomic mass is 79.9. The Bertz CT molecular complexity index is 590. The summed E-state index contributed by atoms with van der Waals surface area (Å²) < 4.78 is 19.0. The largest absolute Gasteiger partial charge is 0.488 e. The Morgan fingerprint density at radius 2 is 1.89 bits per heavy atom. The normalized spacial score (nSPS) is 9.83. The first-order valence-electron chi connectivity index (χ1n) is 5.26. The molecule has 0 spiro atoms. The monoisotopic (exact) mass is 305 g/mol. The van der Waals surface area contributed by atoms with Gasteiger partial charge in [0.2, 0.25) is 0 Å². The van der Waals surface area contributed by atoms with Crippen LogP contribution in [-0.4, -0.2) is 0 Å². The summed E-state index contributed by atoms with van der Waals surface area (Å²) in [6, 6.07) is 13.3. The summed E-state index contributed by atoms with van der Waals surface area (Å²) in [7, 11) is 0. The molecule has 2 aromatic rings. The molecule has 4 heteroatoms. The lowest BCUT2D eigenvalue weighted by atomic mass is 10.2. The SMILES string of the molecule is N#Cc1ccc(OCc2ccc(F)cc2)c(Br)c1. The third-order valence-corrected chi connectivity index (χ3v) is 2.99. The van der Waals surface area contributed by atoms with E-state index in [4.69, 9.17) is 10.00 Å². The first-order valence-corrected chi connectivity index (χ1v) is 6.05. The maximum absolute atomic E-state index is 12.7.